The van der Waals surface area contributed by atoms with Crippen LogP contribution in [-0.2, 0) is 6.54 Å². The van der Waals surface area contributed by atoms with E-state index in [1.165, 1.54) is 44.2 Å². The molecule has 4 rings (SSSR count). The summed E-state index contributed by atoms with van der Waals surface area (Å²) in [6, 6.07) is 8.51. The van der Waals surface area contributed by atoms with Crippen molar-refractivity contribution in [1.29, 1.82) is 0 Å². The van der Waals surface area contributed by atoms with Crippen molar-refractivity contribution < 1.29 is 4.39 Å². The minimum absolute atomic E-state index is 0.244. The van der Waals surface area contributed by atoms with Gasteiger partial charge in [-0.3, -0.25) is 0 Å². The van der Waals surface area contributed by atoms with Crippen LogP contribution in [0.3, 0.4) is 0 Å². The van der Waals surface area contributed by atoms with Gasteiger partial charge in [-0.05, 0) is 67.9 Å². The molecule has 2 saturated heterocycles. The highest BCUT2D eigenvalue weighted by Gasteiger charge is 2.21. The van der Waals surface area contributed by atoms with E-state index in [9.17, 15) is 4.39 Å². The number of anilines is 3. The smallest absolute Gasteiger partial charge is 0.232 e. The van der Waals surface area contributed by atoms with Gasteiger partial charge in [0.2, 0.25) is 5.95 Å². The molecule has 0 spiro atoms. The Morgan fingerprint density at radius 3 is 2.42 bits per heavy atom. The van der Waals surface area contributed by atoms with Gasteiger partial charge in [-0.1, -0.05) is 19.1 Å². The van der Waals surface area contributed by atoms with Gasteiger partial charge in [0, 0.05) is 38.8 Å². The second-order valence-electron chi connectivity index (χ2n) is 8.58. The molecule has 1 aromatic carbocycles. The number of hydrogen-bond acceptors (Lipinski definition) is 5. The van der Waals surface area contributed by atoms with Crippen LogP contribution in [0.1, 0.15) is 44.6 Å². The molecule has 2 aliphatic rings. The SMILES string of the molecule is C[C@@H]1CCCN(c2cc(N3CCCCC3)nc(NC(=S)NCc3ccc(F)cc3)n2)C1. The molecule has 1 aromatic heterocycles. The van der Waals surface area contributed by atoms with Crippen LogP contribution in [-0.4, -0.2) is 41.3 Å². The average Bonchev–Trinajstić information content (AvgIpc) is 2.79. The van der Waals surface area contributed by atoms with E-state index in [0.717, 1.165) is 43.4 Å². The first-order valence-electron chi connectivity index (χ1n) is 11.2. The van der Waals surface area contributed by atoms with Gasteiger partial charge in [-0.15, -0.1) is 0 Å². The molecule has 0 aliphatic carbocycles. The molecule has 166 valence electrons. The maximum absolute atomic E-state index is 13.1. The van der Waals surface area contributed by atoms with E-state index in [4.69, 9.17) is 22.2 Å². The van der Waals surface area contributed by atoms with Gasteiger partial charge in [-0.25, -0.2) is 4.39 Å². The number of halogens is 1. The van der Waals surface area contributed by atoms with E-state index >= 15 is 0 Å². The monoisotopic (exact) mass is 442 g/mol. The van der Waals surface area contributed by atoms with E-state index in [2.05, 4.69) is 33.4 Å². The van der Waals surface area contributed by atoms with Crippen molar-refractivity contribution in [2.24, 2.45) is 5.92 Å². The van der Waals surface area contributed by atoms with E-state index in [-0.39, 0.29) is 5.82 Å². The van der Waals surface area contributed by atoms with Crippen LogP contribution in [0.5, 0.6) is 0 Å². The highest BCUT2D eigenvalue weighted by atomic mass is 32.1. The highest BCUT2D eigenvalue weighted by Crippen LogP contribution is 2.27. The molecule has 2 aromatic rings. The number of nitrogens with one attached hydrogen (secondary N) is 2. The third-order valence-corrected chi connectivity index (χ3v) is 6.20. The quantitative estimate of drug-likeness (QED) is 0.669. The maximum Gasteiger partial charge on any atom is 0.232 e. The molecule has 0 amide bonds. The predicted octanol–water partition coefficient (Wildman–Crippen LogP) is 4.33. The van der Waals surface area contributed by atoms with Gasteiger partial charge in [0.05, 0.1) is 0 Å². The molecule has 8 heteroatoms. The van der Waals surface area contributed by atoms with E-state index in [0.29, 0.717) is 23.5 Å². The van der Waals surface area contributed by atoms with Gasteiger partial charge in [0.25, 0.3) is 0 Å². The van der Waals surface area contributed by atoms with Crippen molar-refractivity contribution in [2.75, 3.05) is 41.3 Å². The molecular formula is C23H31FN6S. The minimum atomic E-state index is -0.244. The Kier molecular flexibility index (Phi) is 7.17. The number of piperidine rings is 2. The molecule has 31 heavy (non-hydrogen) atoms. The van der Waals surface area contributed by atoms with Crippen molar-refractivity contribution in [3.63, 3.8) is 0 Å². The van der Waals surface area contributed by atoms with E-state index < -0.39 is 0 Å². The lowest BCUT2D eigenvalue weighted by Crippen LogP contribution is -2.36. The maximum atomic E-state index is 13.1. The molecule has 1 atom stereocenters. The van der Waals surface area contributed by atoms with E-state index in [1.807, 2.05) is 0 Å². The number of aromatic nitrogens is 2. The summed E-state index contributed by atoms with van der Waals surface area (Å²) in [4.78, 5) is 14.3. The summed E-state index contributed by atoms with van der Waals surface area (Å²) in [5.41, 5.74) is 0.955. The largest absolute Gasteiger partial charge is 0.358 e. The van der Waals surface area contributed by atoms with Crippen LogP contribution in [0.25, 0.3) is 0 Å². The number of nitrogens with zero attached hydrogens (tertiary/aromatic N) is 4. The lowest BCUT2D eigenvalue weighted by molar-refractivity contribution is 0.444. The summed E-state index contributed by atoms with van der Waals surface area (Å²) in [6.45, 7) is 6.90. The van der Waals surface area contributed by atoms with Crippen LogP contribution in [0.15, 0.2) is 30.3 Å². The zero-order chi connectivity index (χ0) is 21.6. The normalized spacial score (nSPS) is 19.2. The van der Waals surface area contributed by atoms with Gasteiger partial charge in [0.1, 0.15) is 17.5 Å². The van der Waals surface area contributed by atoms with Crippen molar-refractivity contribution >= 4 is 34.9 Å². The molecule has 2 fully saturated rings. The average molecular weight is 443 g/mol. The summed E-state index contributed by atoms with van der Waals surface area (Å²) < 4.78 is 13.1. The Morgan fingerprint density at radius 2 is 1.71 bits per heavy atom. The molecule has 2 aliphatic heterocycles. The number of thiocarbonyl (C=S) groups is 1. The van der Waals surface area contributed by atoms with Gasteiger partial charge in [-0.2, -0.15) is 9.97 Å². The molecule has 6 nitrogen and oxygen atoms in total. The molecule has 3 heterocycles. The zero-order valence-electron chi connectivity index (χ0n) is 18.1. The molecule has 0 radical (unpaired) electrons. The Labute approximate surface area is 189 Å². The minimum Gasteiger partial charge on any atom is -0.358 e. The Balaban J connectivity index is 1.48. The molecule has 2 N–H and O–H groups in total. The highest BCUT2D eigenvalue weighted by molar-refractivity contribution is 7.80. The topological polar surface area (TPSA) is 56.3 Å². The third-order valence-electron chi connectivity index (χ3n) is 5.95. The third kappa shape index (κ3) is 6.03. The lowest BCUT2D eigenvalue weighted by atomic mass is 10.0. The molecule has 0 bridgehead atoms. The Bertz CT molecular complexity index is 884. The first-order chi connectivity index (χ1) is 15.1. The van der Waals surface area contributed by atoms with E-state index in [1.54, 1.807) is 12.1 Å². The van der Waals surface area contributed by atoms with Crippen LogP contribution >= 0.6 is 12.2 Å². The molecule has 0 saturated carbocycles. The summed E-state index contributed by atoms with van der Waals surface area (Å²) in [7, 11) is 0. The summed E-state index contributed by atoms with van der Waals surface area (Å²) >= 11 is 5.48. The number of hydrogen-bond donors (Lipinski definition) is 2. The van der Waals surface area contributed by atoms with Crippen molar-refractivity contribution in [3.05, 3.63) is 41.7 Å². The fraction of sp³-hybridized carbons (Fsp3) is 0.522. The van der Waals surface area contributed by atoms with Crippen LogP contribution in [0.4, 0.5) is 22.0 Å². The fourth-order valence-electron chi connectivity index (χ4n) is 4.25. The second-order valence-corrected chi connectivity index (χ2v) is 8.99. The first kappa shape index (κ1) is 21.7. The van der Waals surface area contributed by atoms with Crippen molar-refractivity contribution in [2.45, 2.75) is 45.6 Å². The van der Waals surface area contributed by atoms with Gasteiger partial charge in [0.15, 0.2) is 5.11 Å². The molecule has 0 unspecified atom stereocenters. The van der Waals surface area contributed by atoms with Crippen LogP contribution in [0, 0.1) is 11.7 Å². The first-order valence-corrected chi connectivity index (χ1v) is 11.7. The Hall–Kier alpha value is -2.48. The predicted molar refractivity (Wildman–Crippen MR) is 128 cm³/mol. The summed E-state index contributed by atoms with van der Waals surface area (Å²) in [5, 5.41) is 6.78. The number of benzene rings is 1. The van der Waals surface area contributed by atoms with Crippen molar-refractivity contribution in [3.8, 4) is 0 Å². The molecular weight excluding hydrogens is 411 g/mol. The number of rotatable bonds is 5. The second kappa shape index (κ2) is 10.2. The van der Waals surface area contributed by atoms with Crippen molar-refractivity contribution in [1.82, 2.24) is 15.3 Å². The standard InChI is InChI=1S/C23H31FN6S/c1-17-6-5-13-30(16-17)21-14-20(29-11-3-2-4-12-29)26-22(27-21)28-23(31)25-15-18-7-9-19(24)10-8-18/h7-10,14,17H,2-6,11-13,15-16H2,1H3,(H2,25,26,27,28,31)/t17-/m1/s1. The zero-order valence-corrected chi connectivity index (χ0v) is 18.9. The lowest BCUT2D eigenvalue weighted by Gasteiger charge is -2.33. The van der Waals surface area contributed by atoms with Gasteiger partial charge < -0.3 is 20.4 Å². The Morgan fingerprint density at radius 1 is 1.03 bits per heavy atom. The fourth-order valence-corrected chi connectivity index (χ4v) is 4.42. The summed E-state index contributed by atoms with van der Waals surface area (Å²) in [5.74, 6) is 2.87. The summed E-state index contributed by atoms with van der Waals surface area (Å²) in [6.07, 6.45) is 6.12. The van der Waals surface area contributed by atoms with Crippen LogP contribution < -0.4 is 20.4 Å². The van der Waals surface area contributed by atoms with Gasteiger partial charge >= 0.3 is 0 Å². The van der Waals surface area contributed by atoms with Crippen LogP contribution in [0.2, 0.25) is 0 Å².